The highest BCUT2D eigenvalue weighted by molar-refractivity contribution is 7.61. The number of nitrogens with two attached hydrogens (primary N) is 1. The summed E-state index contributed by atoms with van der Waals surface area (Å²) in [7, 11) is -11.4. The molecule has 26 heteroatoms. The Kier molecular flexibility index (Phi) is 12.3. The first-order chi connectivity index (χ1) is 23.3. The number of aromatic nitrogens is 4. The van der Waals surface area contributed by atoms with Crippen molar-refractivity contribution in [3.8, 4) is 0 Å². The first-order valence-electron chi connectivity index (χ1n) is 14.2. The van der Waals surface area contributed by atoms with Crippen LogP contribution in [-0.4, -0.2) is 126 Å². The van der Waals surface area contributed by atoms with Crippen LogP contribution in [0.25, 0.3) is 11.2 Å². The van der Waals surface area contributed by atoms with E-state index < -0.39 is 108 Å². The van der Waals surface area contributed by atoms with Crippen LogP contribution in [0.3, 0.4) is 0 Å². The Labute approximate surface area is 280 Å². The molecule has 4 heterocycles. The molecule has 4 rings (SSSR count). The number of esters is 4. The molecule has 11 atom stereocenters. The van der Waals surface area contributed by atoms with Gasteiger partial charge in [-0.25, -0.2) is 24.1 Å². The predicted octanol–water partition coefficient (Wildman–Crippen LogP) is -1.64. The monoisotopic (exact) mass is 757 g/mol. The van der Waals surface area contributed by atoms with E-state index >= 15 is 0 Å². The van der Waals surface area contributed by atoms with Gasteiger partial charge in [-0.05, 0) is 0 Å². The summed E-state index contributed by atoms with van der Waals surface area (Å²) in [5.41, 5.74) is 6.03. The van der Waals surface area contributed by atoms with E-state index in [4.69, 9.17) is 43.2 Å². The molecule has 0 bridgehead atoms. The van der Waals surface area contributed by atoms with Crippen molar-refractivity contribution in [3.63, 3.8) is 0 Å². The molecule has 0 amide bonds. The summed E-state index contributed by atoms with van der Waals surface area (Å²) in [5, 5.41) is 21.1. The number of fused-ring (bicyclic) bond motifs is 1. The van der Waals surface area contributed by atoms with Crippen LogP contribution in [0.4, 0.5) is 5.82 Å². The molecular weight excluding hydrogens is 724 g/mol. The molecule has 0 spiro atoms. The quantitative estimate of drug-likeness (QED) is 0.0869. The smallest absolute Gasteiger partial charge is 0.463 e. The number of phosphoric ester groups is 2. The molecule has 2 fully saturated rings. The minimum absolute atomic E-state index is 0.0134. The van der Waals surface area contributed by atoms with Crippen molar-refractivity contribution in [1.29, 1.82) is 0 Å². The number of anilines is 1. The maximum absolute atomic E-state index is 13.0. The van der Waals surface area contributed by atoms with Gasteiger partial charge >= 0.3 is 39.5 Å². The number of hydrogen-bond donors (Lipinski definition) is 5. The van der Waals surface area contributed by atoms with Gasteiger partial charge in [-0.1, -0.05) is 0 Å². The zero-order valence-corrected chi connectivity index (χ0v) is 28.2. The fourth-order valence-electron chi connectivity index (χ4n) is 4.90. The molecule has 24 nitrogen and oxygen atoms in total. The summed E-state index contributed by atoms with van der Waals surface area (Å²) >= 11 is 0. The van der Waals surface area contributed by atoms with Crippen LogP contribution in [0.5, 0.6) is 0 Å². The van der Waals surface area contributed by atoms with Crippen LogP contribution in [0.15, 0.2) is 12.7 Å². The molecule has 0 radical (unpaired) electrons. The SMILES string of the molecule is CC(=O)OC[C@H]1O[C@H](OP(=O)(O)OP(=O)(O)OC[C@H]2O[C@@H](n3cnc4c(N)ncnc43)[C@H](O)[C@@H]2O)[C@@H](OC(C)=O)[C@@H](OC(C)=O)[C@@H]1OC(C)=O. The summed E-state index contributed by atoms with van der Waals surface area (Å²) in [5.74, 6) is -3.88. The number of nitrogen functional groups attached to an aromatic ring is 1. The van der Waals surface area contributed by atoms with Gasteiger partial charge in [0.15, 0.2) is 36.0 Å². The van der Waals surface area contributed by atoms with Gasteiger partial charge in [0.25, 0.3) is 0 Å². The van der Waals surface area contributed by atoms with Crippen molar-refractivity contribution in [2.75, 3.05) is 18.9 Å². The van der Waals surface area contributed by atoms with Crippen molar-refractivity contribution in [3.05, 3.63) is 12.7 Å². The van der Waals surface area contributed by atoms with Crippen molar-refractivity contribution < 1.29 is 90.1 Å². The molecule has 0 saturated carbocycles. The number of carbonyl (C=O) groups is 4. The van der Waals surface area contributed by atoms with Gasteiger partial charge in [-0.2, -0.15) is 4.31 Å². The largest absolute Gasteiger partial charge is 0.483 e. The van der Waals surface area contributed by atoms with Crippen LogP contribution in [0.1, 0.15) is 33.9 Å². The third kappa shape index (κ3) is 9.56. The van der Waals surface area contributed by atoms with Crippen LogP contribution in [0.2, 0.25) is 0 Å². The van der Waals surface area contributed by atoms with E-state index in [1.165, 1.54) is 10.9 Å². The number of ether oxygens (including phenoxy) is 6. The predicted molar refractivity (Wildman–Crippen MR) is 155 cm³/mol. The average Bonchev–Trinajstić information content (AvgIpc) is 3.54. The fourth-order valence-corrected chi connectivity index (χ4v) is 7.05. The number of phosphoric acid groups is 2. The molecule has 6 N–H and O–H groups in total. The van der Waals surface area contributed by atoms with Gasteiger partial charge in [0.2, 0.25) is 6.29 Å². The van der Waals surface area contributed by atoms with E-state index in [-0.39, 0.29) is 17.0 Å². The summed E-state index contributed by atoms with van der Waals surface area (Å²) in [6, 6.07) is 0. The molecule has 2 saturated heterocycles. The van der Waals surface area contributed by atoms with Crippen LogP contribution >= 0.6 is 15.6 Å². The molecule has 2 aromatic rings. The minimum Gasteiger partial charge on any atom is -0.463 e. The molecule has 2 aliphatic heterocycles. The second kappa shape index (κ2) is 15.7. The lowest BCUT2D eigenvalue weighted by atomic mass is 9.98. The first kappa shape index (κ1) is 39.1. The maximum Gasteiger partial charge on any atom is 0.483 e. The Morgan fingerprint density at radius 3 is 2.06 bits per heavy atom. The molecule has 0 aliphatic carbocycles. The van der Waals surface area contributed by atoms with Crippen LogP contribution in [-0.2, 0) is 70.1 Å². The summed E-state index contributed by atoms with van der Waals surface area (Å²) in [4.78, 5) is 79.8. The number of nitrogens with zero attached hydrogens (tertiary/aromatic N) is 4. The number of carbonyl (C=O) groups excluding carboxylic acids is 4. The van der Waals surface area contributed by atoms with Gasteiger partial charge in [-0.15, -0.1) is 0 Å². The zero-order chi connectivity index (χ0) is 37.1. The standard InChI is InChI=1S/C24H33N5O19P2/c1-9(30)40-5-14-18(42-10(2)31)19(43-11(3)32)20(44-12(4)33)24(46-14)47-50(38,39)48-49(36,37)41-6-13-16(34)17(35)23(45-13)29-8-28-15-21(25)26-7-27-22(15)29/h7-8,13-14,16-20,23-24,34-35H,5-6H2,1-4H3,(H,36,37)(H,38,39)(H2,25,26,27)/t13-,14-,16-,17-,18-,19+,20+,23-,24-/m1/s1. The Balaban J connectivity index is 1.49. The topological polar surface area (TPSA) is 336 Å². The second-order valence-electron chi connectivity index (χ2n) is 10.6. The van der Waals surface area contributed by atoms with Gasteiger partial charge in [-0.3, -0.25) is 32.8 Å². The lowest BCUT2D eigenvalue weighted by molar-refractivity contribution is -0.291. The number of rotatable bonds is 13. The average molecular weight is 757 g/mol. The van der Waals surface area contributed by atoms with Gasteiger partial charge in [0.1, 0.15) is 42.9 Å². The third-order valence-electron chi connectivity index (χ3n) is 6.79. The Morgan fingerprint density at radius 1 is 0.820 bits per heavy atom. The van der Waals surface area contributed by atoms with Gasteiger partial charge in [0, 0.05) is 27.7 Å². The number of imidazole rings is 1. The minimum atomic E-state index is -5.81. The molecular formula is C24H33N5O19P2. The van der Waals surface area contributed by atoms with E-state index in [2.05, 4.69) is 19.3 Å². The third-order valence-corrected chi connectivity index (χ3v) is 9.39. The van der Waals surface area contributed by atoms with E-state index in [1.807, 2.05) is 0 Å². The number of hydrogen-bond acceptors (Lipinski definition) is 21. The summed E-state index contributed by atoms with van der Waals surface area (Å²) in [6.45, 7) is 2.06. The zero-order valence-electron chi connectivity index (χ0n) is 26.4. The number of aliphatic hydroxyl groups is 2. The van der Waals surface area contributed by atoms with Crippen molar-refractivity contribution in [1.82, 2.24) is 19.5 Å². The van der Waals surface area contributed by atoms with Gasteiger partial charge < -0.3 is 54.2 Å². The highest BCUT2D eigenvalue weighted by Gasteiger charge is 2.55. The van der Waals surface area contributed by atoms with E-state index in [0.717, 1.165) is 34.0 Å². The van der Waals surface area contributed by atoms with Crippen LogP contribution < -0.4 is 5.73 Å². The Bertz CT molecular complexity index is 1690. The van der Waals surface area contributed by atoms with Gasteiger partial charge in [0.05, 0.1) is 12.9 Å². The fraction of sp³-hybridized carbons (Fsp3) is 0.625. The lowest BCUT2D eigenvalue weighted by Gasteiger charge is -2.43. The lowest BCUT2D eigenvalue weighted by Crippen LogP contribution is -2.62. The summed E-state index contributed by atoms with van der Waals surface area (Å²) in [6.07, 6.45) is -13.3. The molecule has 2 aromatic heterocycles. The highest BCUT2D eigenvalue weighted by Crippen LogP contribution is 2.61. The number of aliphatic hydroxyl groups excluding tert-OH is 2. The van der Waals surface area contributed by atoms with E-state index in [9.17, 15) is 48.3 Å². The van der Waals surface area contributed by atoms with Crippen molar-refractivity contribution in [2.45, 2.75) is 82.9 Å². The Morgan fingerprint density at radius 2 is 1.44 bits per heavy atom. The molecule has 2 aliphatic rings. The van der Waals surface area contributed by atoms with Crippen molar-refractivity contribution >= 4 is 56.5 Å². The maximum atomic E-state index is 13.0. The molecule has 2 unspecified atom stereocenters. The highest BCUT2D eigenvalue weighted by atomic mass is 31.3. The molecule has 0 aromatic carbocycles. The van der Waals surface area contributed by atoms with E-state index in [1.54, 1.807) is 0 Å². The second-order valence-corrected chi connectivity index (χ2v) is 13.6. The molecule has 50 heavy (non-hydrogen) atoms. The van der Waals surface area contributed by atoms with E-state index in [0.29, 0.717) is 0 Å². The van der Waals surface area contributed by atoms with Crippen molar-refractivity contribution in [2.24, 2.45) is 0 Å². The normalized spacial score (nSPS) is 30.5. The first-order valence-corrected chi connectivity index (χ1v) is 17.2. The summed E-state index contributed by atoms with van der Waals surface area (Å²) < 4.78 is 72.4. The Hall–Kier alpha value is -3.67. The molecule has 278 valence electrons. The van der Waals surface area contributed by atoms with Crippen LogP contribution in [0, 0.1) is 0 Å².